The van der Waals surface area contributed by atoms with E-state index < -0.39 is 23.5 Å². The second-order valence-corrected chi connectivity index (χ2v) is 10.3. The van der Waals surface area contributed by atoms with Gasteiger partial charge in [-0.3, -0.25) is 4.79 Å². The van der Waals surface area contributed by atoms with Crippen LogP contribution in [-0.4, -0.2) is 36.2 Å². The van der Waals surface area contributed by atoms with Gasteiger partial charge in [-0.15, -0.1) is 0 Å². The number of aliphatic carboxylic acids is 1. The number of rotatable bonds is 6. The zero-order valence-electron chi connectivity index (χ0n) is 22.0. The Morgan fingerprint density at radius 1 is 1.05 bits per heavy atom. The molecule has 3 aromatic carbocycles. The zero-order chi connectivity index (χ0) is 27.1. The molecule has 3 aromatic rings. The molecule has 194 valence electrons. The largest absolute Gasteiger partial charge is 0.496 e. The Hall–Kier alpha value is -3.71. The van der Waals surface area contributed by atoms with E-state index in [0.29, 0.717) is 29.8 Å². The fourth-order valence-electron chi connectivity index (χ4n) is 4.87. The quantitative estimate of drug-likeness (QED) is 0.428. The molecule has 1 aliphatic rings. The minimum Gasteiger partial charge on any atom is -0.496 e. The lowest BCUT2D eigenvalue weighted by Crippen LogP contribution is -2.30. The van der Waals surface area contributed by atoms with Gasteiger partial charge in [-0.25, -0.2) is 9.18 Å². The maximum Gasteiger partial charge on any atom is 0.337 e. The van der Waals surface area contributed by atoms with Crippen molar-refractivity contribution in [3.63, 3.8) is 0 Å². The highest BCUT2D eigenvalue weighted by Gasteiger charge is 2.36. The van der Waals surface area contributed by atoms with Crippen LogP contribution in [0.15, 0.2) is 48.5 Å². The molecule has 0 bridgehead atoms. The molecule has 37 heavy (non-hydrogen) atoms. The first-order chi connectivity index (χ1) is 17.4. The summed E-state index contributed by atoms with van der Waals surface area (Å²) in [6, 6.07) is 13.6. The maximum absolute atomic E-state index is 13.8. The van der Waals surface area contributed by atoms with Crippen LogP contribution in [0.3, 0.4) is 0 Å². The van der Waals surface area contributed by atoms with Gasteiger partial charge in [0.05, 0.1) is 18.3 Å². The van der Waals surface area contributed by atoms with Gasteiger partial charge in [0.25, 0.3) is 5.91 Å². The Balaban J connectivity index is 1.93. The van der Waals surface area contributed by atoms with Crippen LogP contribution in [0, 0.1) is 19.7 Å². The summed E-state index contributed by atoms with van der Waals surface area (Å²) in [5, 5.41) is 10.2. The number of carbonyl (C=O) groups excluding carboxylic acids is 1. The third-order valence-corrected chi connectivity index (χ3v) is 6.47. The summed E-state index contributed by atoms with van der Waals surface area (Å²) in [6.07, 6.45) is -0.660. The molecule has 0 aliphatic carbocycles. The standard InChI is InChI=1S/C30H32FNO5/c1-17-7-9-19(10-8-17)26-21-13-14-32(28(33)22-12-11-20(31)16-24(22)36-6)23(21)15-18(2)25(26)27(29(34)35)37-30(3,4)5/h7-12,15-16,27H,13-14H2,1-6H3,(H,34,35). The van der Waals surface area contributed by atoms with Crippen LogP contribution in [0.5, 0.6) is 5.75 Å². The maximum atomic E-state index is 13.8. The van der Waals surface area contributed by atoms with Gasteiger partial charge in [0.15, 0.2) is 6.10 Å². The van der Waals surface area contributed by atoms with Crippen molar-refractivity contribution in [2.45, 2.75) is 52.7 Å². The molecule has 1 atom stereocenters. The van der Waals surface area contributed by atoms with Crippen LogP contribution in [0.1, 0.15) is 59.5 Å². The average Bonchev–Trinajstić information content (AvgIpc) is 3.24. The van der Waals surface area contributed by atoms with Crippen LogP contribution in [0.2, 0.25) is 0 Å². The summed E-state index contributed by atoms with van der Waals surface area (Å²) in [5.74, 6) is -1.71. The lowest BCUT2D eigenvalue weighted by molar-refractivity contribution is -0.160. The number of hydrogen-bond donors (Lipinski definition) is 1. The van der Waals surface area contributed by atoms with Crippen molar-refractivity contribution in [2.75, 3.05) is 18.6 Å². The van der Waals surface area contributed by atoms with Gasteiger partial charge in [-0.2, -0.15) is 0 Å². The number of anilines is 1. The number of methoxy groups -OCH3 is 1. The highest BCUT2D eigenvalue weighted by Crippen LogP contribution is 2.45. The van der Waals surface area contributed by atoms with E-state index in [1.807, 2.05) is 65.0 Å². The molecule has 0 radical (unpaired) electrons. The number of amides is 1. The van der Waals surface area contributed by atoms with E-state index >= 15 is 0 Å². The first kappa shape index (κ1) is 26.4. The first-order valence-corrected chi connectivity index (χ1v) is 12.2. The predicted octanol–water partition coefficient (Wildman–Crippen LogP) is 6.26. The van der Waals surface area contributed by atoms with Gasteiger partial charge < -0.3 is 19.5 Å². The molecule has 1 aliphatic heterocycles. The van der Waals surface area contributed by atoms with E-state index in [1.165, 1.54) is 25.3 Å². The van der Waals surface area contributed by atoms with Gasteiger partial charge in [-0.05, 0) is 81.5 Å². The average molecular weight is 506 g/mol. The topological polar surface area (TPSA) is 76.1 Å². The number of hydrogen-bond acceptors (Lipinski definition) is 4. The number of fused-ring (bicyclic) bond motifs is 1. The van der Waals surface area contributed by atoms with Crippen LogP contribution in [0.25, 0.3) is 11.1 Å². The molecule has 7 heteroatoms. The van der Waals surface area contributed by atoms with Crippen LogP contribution >= 0.6 is 0 Å². The van der Waals surface area contributed by atoms with E-state index in [2.05, 4.69) is 0 Å². The van der Waals surface area contributed by atoms with Gasteiger partial charge in [-0.1, -0.05) is 29.8 Å². The number of carboxylic acids is 1. The molecule has 1 N–H and O–H groups in total. The molecule has 0 aromatic heterocycles. The number of halogens is 1. The van der Waals surface area contributed by atoms with E-state index in [0.717, 1.165) is 22.3 Å². The SMILES string of the molecule is COc1cc(F)ccc1C(=O)N1CCc2c1cc(C)c(C(OC(C)(C)C)C(=O)O)c2-c1ccc(C)cc1. The Kier molecular flexibility index (Phi) is 7.11. The Labute approximate surface area is 216 Å². The minimum absolute atomic E-state index is 0.162. The van der Waals surface area contributed by atoms with Gasteiger partial charge in [0, 0.05) is 23.9 Å². The summed E-state index contributed by atoms with van der Waals surface area (Å²) in [6.45, 7) is 9.71. The molecule has 0 fully saturated rings. The normalized spacial score (nSPS) is 13.9. The number of nitrogens with zero attached hydrogens (tertiary/aromatic N) is 1. The van der Waals surface area contributed by atoms with Crippen molar-refractivity contribution in [1.29, 1.82) is 0 Å². The molecule has 0 saturated carbocycles. The number of carboxylic acid groups (broad SMARTS) is 1. The van der Waals surface area contributed by atoms with Gasteiger partial charge in [0.1, 0.15) is 11.6 Å². The lowest BCUT2D eigenvalue weighted by atomic mass is 9.86. The summed E-state index contributed by atoms with van der Waals surface area (Å²) in [7, 11) is 1.40. The predicted molar refractivity (Wildman–Crippen MR) is 141 cm³/mol. The second-order valence-electron chi connectivity index (χ2n) is 10.3. The number of benzene rings is 3. The number of ether oxygens (including phenoxy) is 2. The molecular formula is C30H32FNO5. The van der Waals surface area contributed by atoms with E-state index in [1.54, 1.807) is 4.90 Å². The second kappa shape index (κ2) is 9.98. The van der Waals surface area contributed by atoms with Crippen molar-refractivity contribution in [2.24, 2.45) is 0 Å². The number of aryl methyl sites for hydroxylation is 2. The summed E-state index contributed by atoms with van der Waals surface area (Å²) >= 11 is 0. The Bertz CT molecular complexity index is 1360. The molecule has 0 saturated heterocycles. The molecule has 1 heterocycles. The molecule has 1 amide bonds. The van der Waals surface area contributed by atoms with Gasteiger partial charge in [0.2, 0.25) is 0 Å². The summed E-state index contributed by atoms with van der Waals surface area (Å²) in [4.78, 5) is 27.8. The zero-order valence-corrected chi connectivity index (χ0v) is 22.0. The fourth-order valence-corrected chi connectivity index (χ4v) is 4.87. The highest BCUT2D eigenvalue weighted by atomic mass is 19.1. The smallest absolute Gasteiger partial charge is 0.337 e. The number of carbonyl (C=O) groups is 2. The van der Waals surface area contributed by atoms with Crippen molar-refractivity contribution in [3.05, 3.63) is 82.2 Å². The summed E-state index contributed by atoms with van der Waals surface area (Å²) < 4.78 is 25.1. The van der Waals surface area contributed by atoms with E-state index in [-0.39, 0.29) is 17.2 Å². The highest BCUT2D eigenvalue weighted by molar-refractivity contribution is 6.10. The molecule has 4 rings (SSSR count). The van der Waals surface area contributed by atoms with Crippen molar-refractivity contribution >= 4 is 17.6 Å². The molecule has 0 spiro atoms. The van der Waals surface area contributed by atoms with E-state index in [9.17, 15) is 19.1 Å². The van der Waals surface area contributed by atoms with E-state index in [4.69, 9.17) is 9.47 Å². The van der Waals surface area contributed by atoms with Crippen molar-refractivity contribution in [3.8, 4) is 16.9 Å². The first-order valence-electron chi connectivity index (χ1n) is 12.2. The summed E-state index contributed by atoms with van der Waals surface area (Å²) in [5.41, 5.74) is 5.14. The molecule has 1 unspecified atom stereocenters. The minimum atomic E-state index is -1.19. The fraction of sp³-hybridized carbons (Fsp3) is 0.333. The van der Waals surface area contributed by atoms with Gasteiger partial charge >= 0.3 is 5.97 Å². The Morgan fingerprint density at radius 2 is 1.73 bits per heavy atom. The lowest BCUT2D eigenvalue weighted by Gasteiger charge is -2.29. The molecular weight excluding hydrogens is 473 g/mol. The van der Waals surface area contributed by atoms with Crippen molar-refractivity contribution < 1.29 is 28.6 Å². The van der Waals surface area contributed by atoms with Crippen LogP contribution in [-0.2, 0) is 16.0 Å². The Morgan fingerprint density at radius 3 is 2.32 bits per heavy atom. The third kappa shape index (κ3) is 5.23. The van der Waals surface area contributed by atoms with Crippen molar-refractivity contribution in [1.82, 2.24) is 0 Å². The van der Waals surface area contributed by atoms with Crippen LogP contribution < -0.4 is 9.64 Å². The monoisotopic (exact) mass is 505 g/mol. The third-order valence-electron chi connectivity index (χ3n) is 6.47. The van der Waals surface area contributed by atoms with Crippen LogP contribution in [0.4, 0.5) is 10.1 Å². The molecule has 6 nitrogen and oxygen atoms in total.